The van der Waals surface area contributed by atoms with Crippen LogP contribution in [0, 0.1) is 10.1 Å². The first-order valence-electron chi connectivity index (χ1n) is 6.47. The van der Waals surface area contributed by atoms with E-state index in [-0.39, 0.29) is 5.69 Å². The van der Waals surface area contributed by atoms with Crippen molar-refractivity contribution in [3.8, 4) is 5.75 Å². The van der Waals surface area contributed by atoms with E-state index in [0.29, 0.717) is 22.5 Å². The molecule has 0 unspecified atom stereocenters. The third-order valence-corrected chi connectivity index (χ3v) is 3.16. The number of ether oxygens (including phenoxy) is 1. The van der Waals surface area contributed by atoms with Crippen molar-refractivity contribution in [1.29, 1.82) is 0 Å². The zero-order chi connectivity index (χ0) is 15.5. The van der Waals surface area contributed by atoms with Gasteiger partial charge < -0.3 is 10.1 Å². The average Bonchev–Trinajstić information content (AvgIpc) is 2.55. The summed E-state index contributed by atoms with van der Waals surface area (Å²) in [4.78, 5) is 18.8. The maximum atomic E-state index is 10.9. The van der Waals surface area contributed by atoms with E-state index in [2.05, 4.69) is 15.3 Å². The minimum absolute atomic E-state index is 0.00371. The molecule has 1 heterocycles. The van der Waals surface area contributed by atoms with Gasteiger partial charge in [-0.05, 0) is 18.2 Å². The summed E-state index contributed by atoms with van der Waals surface area (Å²) in [6, 6.07) is 11.8. The SMILES string of the molecule is COc1cccc(Nc2ncnc3ccc([N+](=O)[O-])cc23)c1. The topological polar surface area (TPSA) is 90.2 Å². The van der Waals surface area contributed by atoms with Crippen molar-refractivity contribution in [2.24, 2.45) is 0 Å². The highest BCUT2D eigenvalue weighted by molar-refractivity contribution is 5.92. The molecule has 0 radical (unpaired) electrons. The van der Waals surface area contributed by atoms with Crippen LogP contribution in [0.5, 0.6) is 5.75 Å². The number of hydrogen-bond donors (Lipinski definition) is 1. The number of benzene rings is 2. The number of nitro benzene ring substituents is 1. The van der Waals surface area contributed by atoms with Gasteiger partial charge in [0.05, 0.1) is 17.5 Å². The van der Waals surface area contributed by atoms with Crippen molar-refractivity contribution in [3.63, 3.8) is 0 Å². The number of non-ortho nitro benzene ring substituents is 1. The van der Waals surface area contributed by atoms with E-state index in [1.54, 1.807) is 13.2 Å². The lowest BCUT2D eigenvalue weighted by Gasteiger charge is -2.09. The zero-order valence-electron chi connectivity index (χ0n) is 11.7. The summed E-state index contributed by atoms with van der Waals surface area (Å²) in [5.74, 6) is 1.20. The van der Waals surface area contributed by atoms with Crippen LogP contribution in [0.25, 0.3) is 10.9 Å². The molecule has 0 bridgehead atoms. The van der Waals surface area contributed by atoms with Crippen LogP contribution in [-0.2, 0) is 0 Å². The second-order valence-corrected chi connectivity index (χ2v) is 4.54. The Morgan fingerprint density at radius 1 is 1.18 bits per heavy atom. The van der Waals surface area contributed by atoms with Gasteiger partial charge in [0.2, 0.25) is 0 Å². The molecule has 1 aromatic heterocycles. The number of nitro groups is 1. The van der Waals surface area contributed by atoms with Gasteiger partial charge in [-0.3, -0.25) is 10.1 Å². The number of aromatic nitrogens is 2. The lowest BCUT2D eigenvalue weighted by Crippen LogP contribution is -1.97. The van der Waals surface area contributed by atoms with Crippen LogP contribution >= 0.6 is 0 Å². The molecule has 1 N–H and O–H groups in total. The summed E-state index contributed by atoms with van der Waals surface area (Å²) in [7, 11) is 1.59. The highest BCUT2D eigenvalue weighted by atomic mass is 16.6. The Morgan fingerprint density at radius 2 is 2.05 bits per heavy atom. The van der Waals surface area contributed by atoms with Crippen molar-refractivity contribution in [1.82, 2.24) is 9.97 Å². The fourth-order valence-electron chi connectivity index (χ4n) is 2.10. The molecule has 3 rings (SSSR count). The summed E-state index contributed by atoms with van der Waals surface area (Å²) in [6.45, 7) is 0. The third kappa shape index (κ3) is 2.64. The Bertz CT molecular complexity index is 851. The standard InChI is InChI=1S/C15H12N4O3/c1-22-12-4-2-3-10(7-12)18-15-13-8-11(19(20)21)5-6-14(13)16-9-17-15/h2-9H,1H3,(H,16,17,18). The second kappa shape index (κ2) is 5.65. The van der Waals surface area contributed by atoms with Gasteiger partial charge >= 0.3 is 0 Å². The fraction of sp³-hybridized carbons (Fsp3) is 0.0667. The van der Waals surface area contributed by atoms with Crippen molar-refractivity contribution in [2.45, 2.75) is 0 Å². The molecule has 0 aliphatic heterocycles. The summed E-state index contributed by atoms with van der Waals surface area (Å²) >= 11 is 0. The minimum atomic E-state index is -0.443. The van der Waals surface area contributed by atoms with Crippen LogP contribution in [0.2, 0.25) is 0 Å². The van der Waals surface area contributed by atoms with E-state index in [1.165, 1.54) is 18.5 Å². The molecule has 0 aliphatic rings. The zero-order valence-corrected chi connectivity index (χ0v) is 11.7. The number of hydrogen-bond acceptors (Lipinski definition) is 6. The molecule has 3 aromatic rings. The highest BCUT2D eigenvalue weighted by Gasteiger charge is 2.11. The van der Waals surface area contributed by atoms with Crippen LogP contribution in [0.1, 0.15) is 0 Å². The highest BCUT2D eigenvalue weighted by Crippen LogP contribution is 2.27. The molecule has 2 aromatic carbocycles. The van der Waals surface area contributed by atoms with Gasteiger partial charge in [0.15, 0.2) is 0 Å². The lowest BCUT2D eigenvalue weighted by molar-refractivity contribution is -0.384. The molecule has 0 saturated heterocycles. The molecule has 0 atom stereocenters. The van der Waals surface area contributed by atoms with Crippen LogP contribution in [0.4, 0.5) is 17.2 Å². The Morgan fingerprint density at radius 3 is 2.82 bits per heavy atom. The van der Waals surface area contributed by atoms with Crippen molar-refractivity contribution in [2.75, 3.05) is 12.4 Å². The number of nitrogens with one attached hydrogen (secondary N) is 1. The molecule has 7 nitrogen and oxygen atoms in total. The average molecular weight is 296 g/mol. The molecular weight excluding hydrogens is 284 g/mol. The Kier molecular flexibility index (Phi) is 3.53. The molecular formula is C15H12N4O3. The molecule has 0 spiro atoms. The minimum Gasteiger partial charge on any atom is -0.497 e. The number of methoxy groups -OCH3 is 1. The summed E-state index contributed by atoms with van der Waals surface area (Å²) in [5.41, 5.74) is 1.40. The number of fused-ring (bicyclic) bond motifs is 1. The lowest BCUT2D eigenvalue weighted by atomic mass is 10.2. The molecule has 0 fully saturated rings. The normalized spacial score (nSPS) is 10.4. The number of rotatable bonds is 4. The molecule has 22 heavy (non-hydrogen) atoms. The van der Waals surface area contributed by atoms with Crippen LogP contribution in [0.15, 0.2) is 48.8 Å². The third-order valence-electron chi connectivity index (χ3n) is 3.16. The molecule has 7 heteroatoms. The number of anilines is 2. The van der Waals surface area contributed by atoms with E-state index in [4.69, 9.17) is 4.74 Å². The van der Waals surface area contributed by atoms with Crippen molar-refractivity contribution >= 4 is 28.1 Å². The molecule has 0 aliphatic carbocycles. The van der Waals surface area contributed by atoms with E-state index in [9.17, 15) is 10.1 Å². The molecule has 0 amide bonds. The van der Waals surface area contributed by atoms with Gasteiger partial charge in [0.25, 0.3) is 5.69 Å². The predicted molar refractivity (Wildman–Crippen MR) is 82.5 cm³/mol. The van der Waals surface area contributed by atoms with Crippen LogP contribution in [-0.4, -0.2) is 22.0 Å². The van der Waals surface area contributed by atoms with Gasteiger partial charge in [0, 0.05) is 29.3 Å². The fourth-order valence-corrected chi connectivity index (χ4v) is 2.10. The molecule has 0 saturated carbocycles. The summed E-state index contributed by atoms with van der Waals surface area (Å²) in [6.07, 6.45) is 1.41. The van der Waals surface area contributed by atoms with Crippen LogP contribution in [0.3, 0.4) is 0 Å². The summed E-state index contributed by atoms with van der Waals surface area (Å²) < 4.78 is 5.17. The van der Waals surface area contributed by atoms with Gasteiger partial charge in [-0.15, -0.1) is 0 Å². The van der Waals surface area contributed by atoms with Crippen molar-refractivity contribution in [3.05, 3.63) is 58.9 Å². The summed E-state index contributed by atoms with van der Waals surface area (Å²) in [5, 5.41) is 14.6. The van der Waals surface area contributed by atoms with E-state index >= 15 is 0 Å². The van der Waals surface area contributed by atoms with Gasteiger partial charge in [-0.1, -0.05) is 6.07 Å². The van der Waals surface area contributed by atoms with E-state index in [0.717, 1.165) is 5.69 Å². The molecule has 110 valence electrons. The maximum Gasteiger partial charge on any atom is 0.270 e. The first kappa shape index (κ1) is 13.7. The number of nitrogens with zero attached hydrogens (tertiary/aromatic N) is 3. The van der Waals surface area contributed by atoms with Gasteiger partial charge in [-0.2, -0.15) is 0 Å². The van der Waals surface area contributed by atoms with Gasteiger partial charge in [-0.25, -0.2) is 9.97 Å². The first-order chi connectivity index (χ1) is 10.7. The predicted octanol–water partition coefficient (Wildman–Crippen LogP) is 3.29. The van der Waals surface area contributed by atoms with Crippen molar-refractivity contribution < 1.29 is 9.66 Å². The maximum absolute atomic E-state index is 10.9. The quantitative estimate of drug-likeness (QED) is 0.587. The Balaban J connectivity index is 2.05. The second-order valence-electron chi connectivity index (χ2n) is 4.54. The smallest absolute Gasteiger partial charge is 0.270 e. The van der Waals surface area contributed by atoms with E-state index < -0.39 is 4.92 Å². The Hall–Kier alpha value is -3.22. The van der Waals surface area contributed by atoms with Crippen LogP contribution < -0.4 is 10.1 Å². The monoisotopic (exact) mass is 296 g/mol. The Labute approximate surface area is 125 Å². The largest absolute Gasteiger partial charge is 0.497 e. The van der Waals surface area contributed by atoms with E-state index in [1.807, 2.05) is 24.3 Å². The first-order valence-corrected chi connectivity index (χ1v) is 6.47. The van der Waals surface area contributed by atoms with Gasteiger partial charge in [0.1, 0.15) is 17.9 Å².